The summed E-state index contributed by atoms with van der Waals surface area (Å²) in [6.45, 7) is 7.47. The lowest BCUT2D eigenvalue weighted by atomic mass is 9.95. The highest BCUT2D eigenvalue weighted by Gasteiger charge is 2.45. The number of urea groups is 1. The molecule has 8 heteroatoms. The number of carbonyl (C=O) groups excluding carboxylic acids is 3. The van der Waals surface area contributed by atoms with Crippen molar-refractivity contribution in [1.29, 1.82) is 0 Å². The van der Waals surface area contributed by atoms with E-state index < -0.39 is 12.1 Å². The van der Waals surface area contributed by atoms with E-state index in [0.717, 1.165) is 30.6 Å². The van der Waals surface area contributed by atoms with Gasteiger partial charge in [-0.25, -0.2) is 4.79 Å². The first kappa shape index (κ1) is 21.4. The molecular formula is C23H30N4O4. The van der Waals surface area contributed by atoms with Crippen LogP contribution in [0, 0.1) is 6.92 Å². The lowest BCUT2D eigenvalue weighted by Gasteiger charge is -2.32. The van der Waals surface area contributed by atoms with Crippen LogP contribution in [0.3, 0.4) is 0 Å². The summed E-state index contributed by atoms with van der Waals surface area (Å²) in [5.74, 6) is -0.420. The summed E-state index contributed by atoms with van der Waals surface area (Å²) in [5.41, 5.74) is 3.18. The van der Waals surface area contributed by atoms with Crippen LogP contribution in [-0.2, 0) is 14.3 Å². The second-order valence-electron chi connectivity index (χ2n) is 8.39. The Balaban J connectivity index is 1.55. The Kier molecular flexibility index (Phi) is 6.00. The Labute approximate surface area is 182 Å². The van der Waals surface area contributed by atoms with Crippen LogP contribution in [0.4, 0.5) is 4.79 Å². The molecule has 0 bridgehead atoms. The molecule has 4 amide bonds. The van der Waals surface area contributed by atoms with Crippen molar-refractivity contribution in [2.45, 2.75) is 51.8 Å². The molecule has 3 aliphatic rings. The van der Waals surface area contributed by atoms with Gasteiger partial charge in [0.1, 0.15) is 6.04 Å². The standard InChI is InChI=1S/C23H30N4O4/c1-4-26-18-13-27(15(3)21(28)24-12-17-6-5-11-31-17)22(29)19(18)20(25-23(26)30)16-9-7-14(2)8-10-16/h7-10,15,17,20H,4-6,11-13H2,1-3H3,(H,24,28)(H,25,30). The third-order valence-electron chi connectivity index (χ3n) is 6.35. The van der Waals surface area contributed by atoms with Gasteiger partial charge in [-0.15, -0.1) is 0 Å². The second-order valence-corrected chi connectivity index (χ2v) is 8.39. The molecule has 31 heavy (non-hydrogen) atoms. The molecule has 8 nitrogen and oxygen atoms in total. The van der Waals surface area contributed by atoms with Crippen LogP contribution in [0.15, 0.2) is 35.5 Å². The molecule has 3 unspecified atom stereocenters. The van der Waals surface area contributed by atoms with Crippen molar-refractivity contribution in [3.8, 4) is 0 Å². The molecule has 1 aromatic carbocycles. The van der Waals surface area contributed by atoms with Gasteiger partial charge in [-0.1, -0.05) is 29.8 Å². The molecule has 1 aromatic rings. The first-order chi connectivity index (χ1) is 14.9. The van der Waals surface area contributed by atoms with E-state index in [9.17, 15) is 14.4 Å². The predicted molar refractivity (Wildman–Crippen MR) is 115 cm³/mol. The van der Waals surface area contributed by atoms with E-state index in [4.69, 9.17) is 4.74 Å². The molecule has 2 N–H and O–H groups in total. The minimum Gasteiger partial charge on any atom is -0.376 e. The molecular weight excluding hydrogens is 396 g/mol. The van der Waals surface area contributed by atoms with Crippen LogP contribution in [0.2, 0.25) is 0 Å². The van der Waals surface area contributed by atoms with Crippen LogP contribution < -0.4 is 10.6 Å². The maximum atomic E-state index is 13.5. The van der Waals surface area contributed by atoms with Crippen LogP contribution in [-0.4, -0.2) is 66.0 Å². The minimum atomic E-state index is -0.646. The molecule has 166 valence electrons. The largest absolute Gasteiger partial charge is 0.376 e. The van der Waals surface area contributed by atoms with Crippen molar-refractivity contribution >= 4 is 17.8 Å². The fourth-order valence-corrected chi connectivity index (χ4v) is 4.48. The second kappa shape index (κ2) is 8.70. The van der Waals surface area contributed by atoms with Gasteiger partial charge in [0.2, 0.25) is 5.91 Å². The number of nitrogens with zero attached hydrogens (tertiary/aromatic N) is 2. The number of hydrogen-bond donors (Lipinski definition) is 2. The van der Waals surface area contributed by atoms with E-state index in [1.807, 2.05) is 38.1 Å². The highest BCUT2D eigenvalue weighted by Crippen LogP contribution is 2.37. The molecule has 3 atom stereocenters. The van der Waals surface area contributed by atoms with E-state index >= 15 is 0 Å². The Morgan fingerprint density at radius 1 is 1.29 bits per heavy atom. The number of hydrogen-bond acceptors (Lipinski definition) is 4. The van der Waals surface area contributed by atoms with Gasteiger partial charge in [0.25, 0.3) is 5.91 Å². The number of ether oxygens (including phenoxy) is 1. The molecule has 0 spiro atoms. The molecule has 0 radical (unpaired) electrons. The van der Waals surface area contributed by atoms with Gasteiger partial charge in [-0.2, -0.15) is 0 Å². The molecule has 1 saturated heterocycles. The van der Waals surface area contributed by atoms with E-state index in [2.05, 4.69) is 10.6 Å². The fraction of sp³-hybridized carbons (Fsp3) is 0.522. The molecule has 3 heterocycles. The summed E-state index contributed by atoms with van der Waals surface area (Å²) in [7, 11) is 0. The van der Waals surface area contributed by atoms with Crippen molar-refractivity contribution in [2.75, 3.05) is 26.2 Å². The van der Waals surface area contributed by atoms with Gasteiger partial charge in [0.15, 0.2) is 0 Å². The quantitative estimate of drug-likeness (QED) is 0.727. The van der Waals surface area contributed by atoms with Crippen LogP contribution in [0.25, 0.3) is 0 Å². The number of likely N-dealkylation sites (N-methyl/N-ethyl adjacent to an activating group) is 1. The first-order valence-corrected chi connectivity index (χ1v) is 11.0. The highest BCUT2D eigenvalue weighted by molar-refractivity contribution is 6.03. The number of benzene rings is 1. The number of carbonyl (C=O) groups is 3. The third kappa shape index (κ3) is 4.04. The minimum absolute atomic E-state index is 0.0417. The summed E-state index contributed by atoms with van der Waals surface area (Å²) in [6, 6.07) is 6.40. The summed E-state index contributed by atoms with van der Waals surface area (Å²) in [4.78, 5) is 42.1. The van der Waals surface area contributed by atoms with E-state index in [-0.39, 0.29) is 30.5 Å². The number of amides is 4. The molecule has 0 saturated carbocycles. The Hall–Kier alpha value is -2.87. The summed E-state index contributed by atoms with van der Waals surface area (Å²) in [5, 5.41) is 5.88. The maximum Gasteiger partial charge on any atom is 0.322 e. The Morgan fingerprint density at radius 3 is 2.68 bits per heavy atom. The van der Waals surface area contributed by atoms with Gasteiger partial charge in [-0.05, 0) is 39.2 Å². The smallest absolute Gasteiger partial charge is 0.322 e. The van der Waals surface area contributed by atoms with Gasteiger partial charge in [0, 0.05) is 19.7 Å². The fourth-order valence-electron chi connectivity index (χ4n) is 4.48. The van der Waals surface area contributed by atoms with Crippen molar-refractivity contribution in [2.24, 2.45) is 0 Å². The van der Waals surface area contributed by atoms with E-state index in [1.165, 1.54) is 0 Å². The number of rotatable bonds is 6. The average molecular weight is 427 g/mol. The lowest BCUT2D eigenvalue weighted by Crippen LogP contribution is -2.48. The normalized spacial score (nSPS) is 24.4. The molecule has 4 rings (SSSR count). The lowest BCUT2D eigenvalue weighted by molar-refractivity contribution is -0.136. The summed E-state index contributed by atoms with van der Waals surface area (Å²) < 4.78 is 5.56. The van der Waals surface area contributed by atoms with Gasteiger partial charge in [-0.3, -0.25) is 14.5 Å². The van der Waals surface area contributed by atoms with Gasteiger partial charge in [0.05, 0.1) is 30.0 Å². The predicted octanol–water partition coefficient (Wildman–Crippen LogP) is 1.86. The zero-order valence-electron chi connectivity index (χ0n) is 18.3. The van der Waals surface area contributed by atoms with Crippen LogP contribution in [0.1, 0.15) is 43.9 Å². The number of aryl methyl sites for hydroxylation is 1. The monoisotopic (exact) mass is 426 g/mol. The van der Waals surface area contributed by atoms with Crippen molar-refractivity contribution in [3.05, 3.63) is 46.7 Å². The SMILES string of the molecule is CCN1C(=O)NC(c2ccc(C)cc2)C2=C1CN(C(C)C(=O)NCC1CCCO1)C2=O. The van der Waals surface area contributed by atoms with E-state index in [1.54, 1.807) is 16.7 Å². The molecule has 0 aliphatic carbocycles. The Morgan fingerprint density at radius 2 is 2.03 bits per heavy atom. The number of nitrogens with one attached hydrogen (secondary N) is 2. The third-order valence-corrected chi connectivity index (χ3v) is 6.35. The van der Waals surface area contributed by atoms with Crippen molar-refractivity contribution in [1.82, 2.24) is 20.4 Å². The van der Waals surface area contributed by atoms with Gasteiger partial charge < -0.3 is 20.3 Å². The topological polar surface area (TPSA) is 91.0 Å². The van der Waals surface area contributed by atoms with Crippen LogP contribution in [0.5, 0.6) is 0 Å². The van der Waals surface area contributed by atoms with Crippen LogP contribution >= 0.6 is 0 Å². The van der Waals surface area contributed by atoms with E-state index in [0.29, 0.717) is 24.4 Å². The van der Waals surface area contributed by atoms with Gasteiger partial charge >= 0.3 is 6.03 Å². The first-order valence-electron chi connectivity index (χ1n) is 11.0. The molecule has 3 aliphatic heterocycles. The van der Waals surface area contributed by atoms with Crippen molar-refractivity contribution < 1.29 is 19.1 Å². The Bertz CT molecular complexity index is 905. The molecule has 0 aromatic heterocycles. The van der Waals surface area contributed by atoms with Crippen molar-refractivity contribution in [3.63, 3.8) is 0 Å². The zero-order valence-corrected chi connectivity index (χ0v) is 18.3. The molecule has 1 fully saturated rings. The average Bonchev–Trinajstić information content (AvgIpc) is 3.40. The zero-order chi connectivity index (χ0) is 22.1. The summed E-state index contributed by atoms with van der Waals surface area (Å²) in [6.07, 6.45) is 1.98. The highest BCUT2D eigenvalue weighted by atomic mass is 16.5. The maximum absolute atomic E-state index is 13.5. The summed E-state index contributed by atoms with van der Waals surface area (Å²) >= 11 is 0.